The summed E-state index contributed by atoms with van der Waals surface area (Å²) in [6.07, 6.45) is -5.40. The SMILES string of the molecule is COP(=O)(O[C@H]1O[C@@H](n2cnc3c(=S)nc(N)[nH]c32)[C@H](O)[C@@H]1O)OP(=O)(O)O. The molecule has 156 valence electrons. The van der Waals surface area contributed by atoms with Gasteiger partial charge >= 0.3 is 15.6 Å². The summed E-state index contributed by atoms with van der Waals surface area (Å²) in [5.41, 5.74) is 6.04. The zero-order valence-corrected chi connectivity index (χ0v) is 16.5. The topological polar surface area (TPSA) is 224 Å². The van der Waals surface area contributed by atoms with Gasteiger partial charge in [0.15, 0.2) is 23.1 Å². The van der Waals surface area contributed by atoms with Crippen LogP contribution in [0.1, 0.15) is 6.23 Å². The Kier molecular flexibility index (Phi) is 5.75. The van der Waals surface area contributed by atoms with Crippen molar-refractivity contribution in [3.05, 3.63) is 11.0 Å². The van der Waals surface area contributed by atoms with E-state index < -0.39 is 40.4 Å². The molecule has 15 nitrogen and oxygen atoms in total. The fourth-order valence-corrected chi connectivity index (χ4v) is 4.67. The highest BCUT2D eigenvalue weighted by Gasteiger charge is 2.49. The van der Waals surface area contributed by atoms with E-state index in [-0.39, 0.29) is 21.8 Å². The van der Waals surface area contributed by atoms with Crippen molar-refractivity contribution < 1.29 is 47.2 Å². The van der Waals surface area contributed by atoms with E-state index in [0.29, 0.717) is 0 Å². The van der Waals surface area contributed by atoms with Gasteiger partial charge in [-0.15, -0.1) is 0 Å². The molecule has 0 aliphatic carbocycles. The standard InChI is InChI=1S/C10H15N5O10P2S/c1-22-27(21,25-26(18,19)20)24-9-5(17)4(16)8(23-9)15-2-12-3-6(15)13-10(11)14-7(3)28/h2,4-5,8-9,16-17H,1H3,(H2,18,19,20)(H3,11,13,14,28)/t4-,5+,8-,9-,27?/m1/s1. The number of hydrogen-bond donors (Lipinski definition) is 6. The van der Waals surface area contributed by atoms with Crippen LogP contribution >= 0.6 is 27.9 Å². The number of phosphoric acid groups is 2. The largest absolute Gasteiger partial charge is 0.485 e. The molecule has 1 saturated heterocycles. The van der Waals surface area contributed by atoms with Crippen LogP contribution in [0.2, 0.25) is 0 Å². The van der Waals surface area contributed by atoms with Crippen LogP contribution in [-0.2, 0) is 27.2 Å². The van der Waals surface area contributed by atoms with Crippen LogP contribution in [0.3, 0.4) is 0 Å². The first-order valence-corrected chi connectivity index (χ1v) is 10.7. The summed E-state index contributed by atoms with van der Waals surface area (Å²) in [5.74, 6) is -0.0426. The summed E-state index contributed by atoms with van der Waals surface area (Å²) in [6, 6.07) is 0. The molecule has 3 rings (SSSR count). The monoisotopic (exact) mass is 459 g/mol. The van der Waals surface area contributed by atoms with Gasteiger partial charge in [0.25, 0.3) is 0 Å². The third-order valence-corrected chi connectivity index (χ3v) is 6.45. The van der Waals surface area contributed by atoms with Crippen LogP contribution in [0, 0.1) is 4.64 Å². The lowest BCUT2D eigenvalue weighted by Crippen LogP contribution is -2.32. The molecule has 1 unspecified atom stereocenters. The van der Waals surface area contributed by atoms with Crippen LogP contribution in [0.5, 0.6) is 0 Å². The minimum absolute atomic E-state index is 0.0426. The summed E-state index contributed by atoms with van der Waals surface area (Å²) in [7, 11) is -9.31. The number of aliphatic hydroxyl groups is 2. The third-order valence-electron chi connectivity index (χ3n) is 3.60. The molecule has 3 heterocycles. The highest BCUT2D eigenvalue weighted by Crippen LogP contribution is 2.62. The van der Waals surface area contributed by atoms with E-state index in [0.717, 1.165) is 7.11 Å². The fraction of sp³-hybridized carbons (Fsp3) is 0.500. The zero-order valence-electron chi connectivity index (χ0n) is 13.8. The van der Waals surface area contributed by atoms with E-state index in [2.05, 4.69) is 23.8 Å². The molecule has 1 aliphatic heterocycles. The first-order valence-electron chi connectivity index (χ1n) is 7.29. The van der Waals surface area contributed by atoms with E-state index >= 15 is 0 Å². The first kappa shape index (κ1) is 21.4. The molecule has 1 aliphatic rings. The Morgan fingerprint density at radius 1 is 1.36 bits per heavy atom. The van der Waals surface area contributed by atoms with Crippen LogP contribution in [0.25, 0.3) is 11.2 Å². The number of nitrogens with one attached hydrogen (secondary N) is 1. The van der Waals surface area contributed by atoms with Gasteiger partial charge in [0.05, 0.1) is 6.33 Å². The van der Waals surface area contributed by atoms with Gasteiger partial charge in [-0.1, -0.05) is 12.2 Å². The number of hydrogen-bond acceptors (Lipinski definition) is 12. The summed E-state index contributed by atoms with van der Waals surface area (Å²) >= 11 is 5.03. The average molecular weight is 459 g/mol. The molecular weight excluding hydrogens is 444 g/mol. The number of fused-ring (bicyclic) bond motifs is 1. The summed E-state index contributed by atoms with van der Waals surface area (Å²) < 4.78 is 42.9. The number of imidazole rings is 1. The normalized spacial score (nSPS) is 27.9. The molecule has 7 N–H and O–H groups in total. The van der Waals surface area contributed by atoms with Crippen LogP contribution in [-0.4, -0.2) is 65.1 Å². The Hall–Kier alpha value is -1.29. The van der Waals surface area contributed by atoms with Crippen molar-refractivity contribution in [3.8, 4) is 0 Å². The number of nitrogen functional groups attached to an aromatic ring is 1. The number of ether oxygens (including phenoxy) is 1. The Labute approximate surface area is 160 Å². The van der Waals surface area contributed by atoms with Gasteiger partial charge in [0, 0.05) is 7.11 Å². The number of H-pyrrole nitrogens is 1. The number of nitrogens with zero attached hydrogens (tertiary/aromatic N) is 3. The van der Waals surface area contributed by atoms with Gasteiger partial charge < -0.3 is 35.5 Å². The maximum absolute atomic E-state index is 12.2. The third kappa shape index (κ3) is 4.17. The molecule has 1 fully saturated rings. The lowest BCUT2D eigenvalue weighted by molar-refractivity contribution is -0.134. The van der Waals surface area contributed by atoms with Crippen molar-refractivity contribution in [1.29, 1.82) is 0 Å². The second kappa shape index (κ2) is 7.51. The lowest BCUT2D eigenvalue weighted by Gasteiger charge is -2.21. The molecular formula is C10H15N5O10P2S. The van der Waals surface area contributed by atoms with Gasteiger partial charge in [0.2, 0.25) is 0 Å². The highest BCUT2D eigenvalue weighted by molar-refractivity contribution is 7.71. The summed E-state index contributed by atoms with van der Waals surface area (Å²) in [4.78, 5) is 28.1. The number of rotatable bonds is 6. The molecule has 0 amide bonds. The van der Waals surface area contributed by atoms with Crippen LogP contribution < -0.4 is 5.73 Å². The molecule has 28 heavy (non-hydrogen) atoms. The van der Waals surface area contributed by atoms with E-state index in [1.165, 1.54) is 10.9 Å². The minimum atomic E-state index is -5.27. The molecule has 18 heteroatoms. The van der Waals surface area contributed by atoms with Crippen LogP contribution in [0.15, 0.2) is 6.33 Å². The maximum Gasteiger partial charge on any atom is 0.485 e. The molecule has 0 aromatic carbocycles. The van der Waals surface area contributed by atoms with Gasteiger partial charge in [-0.05, 0) is 0 Å². The van der Waals surface area contributed by atoms with E-state index in [1.54, 1.807) is 0 Å². The Morgan fingerprint density at radius 2 is 2.04 bits per heavy atom. The van der Waals surface area contributed by atoms with E-state index in [1.807, 2.05) is 0 Å². The molecule has 2 aromatic rings. The number of aliphatic hydroxyl groups excluding tert-OH is 2. The minimum Gasteiger partial charge on any atom is -0.385 e. The highest BCUT2D eigenvalue weighted by atomic mass is 32.1. The van der Waals surface area contributed by atoms with Gasteiger partial charge in [0.1, 0.15) is 23.4 Å². The van der Waals surface area contributed by atoms with Gasteiger partial charge in [-0.25, -0.2) is 19.1 Å². The molecule has 0 saturated carbocycles. The quantitative estimate of drug-likeness (QED) is 0.237. The molecule has 0 radical (unpaired) electrons. The fourth-order valence-electron chi connectivity index (χ4n) is 2.44. The molecule has 2 aromatic heterocycles. The predicted octanol–water partition coefficient (Wildman–Crippen LogP) is -0.472. The molecule has 0 spiro atoms. The van der Waals surface area contributed by atoms with Gasteiger partial charge in [-0.2, -0.15) is 4.31 Å². The van der Waals surface area contributed by atoms with Crippen molar-refractivity contribution in [2.45, 2.75) is 24.7 Å². The smallest absolute Gasteiger partial charge is 0.385 e. The average Bonchev–Trinajstić information content (AvgIpc) is 3.09. The number of nitrogens with two attached hydrogens (primary N) is 1. The van der Waals surface area contributed by atoms with Crippen molar-refractivity contribution in [2.75, 3.05) is 12.8 Å². The predicted molar refractivity (Wildman–Crippen MR) is 91.9 cm³/mol. The lowest BCUT2D eigenvalue weighted by atomic mass is 10.2. The van der Waals surface area contributed by atoms with Gasteiger partial charge in [-0.3, -0.25) is 13.6 Å². The van der Waals surface area contributed by atoms with Crippen LogP contribution in [0.4, 0.5) is 5.95 Å². The van der Waals surface area contributed by atoms with Crippen molar-refractivity contribution in [3.63, 3.8) is 0 Å². The van der Waals surface area contributed by atoms with E-state index in [4.69, 9.17) is 37.0 Å². The van der Waals surface area contributed by atoms with Crippen molar-refractivity contribution in [1.82, 2.24) is 19.5 Å². The Morgan fingerprint density at radius 3 is 2.64 bits per heavy atom. The molecule has 0 bridgehead atoms. The second-order valence-electron chi connectivity index (χ2n) is 5.46. The Balaban J connectivity index is 1.90. The number of aromatic nitrogens is 4. The first-order chi connectivity index (χ1) is 12.9. The summed E-state index contributed by atoms with van der Waals surface area (Å²) in [5, 5.41) is 20.4. The van der Waals surface area contributed by atoms with Crippen molar-refractivity contribution in [2.24, 2.45) is 0 Å². The Bertz CT molecular complexity index is 1040. The van der Waals surface area contributed by atoms with Crippen molar-refractivity contribution >= 4 is 45.0 Å². The maximum atomic E-state index is 12.2. The number of aromatic amines is 1. The summed E-state index contributed by atoms with van der Waals surface area (Å²) in [6.45, 7) is 0. The number of phosphoric ester groups is 1. The molecule has 5 atom stereocenters. The number of anilines is 1. The zero-order chi connectivity index (χ0) is 20.9. The van der Waals surface area contributed by atoms with E-state index in [9.17, 15) is 19.3 Å². The second-order valence-corrected chi connectivity index (χ2v) is 8.95.